The highest BCUT2D eigenvalue weighted by molar-refractivity contribution is 6.35. The number of rotatable bonds is 3. The van der Waals surface area contributed by atoms with Gasteiger partial charge in [-0.2, -0.15) is 0 Å². The van der Waals surface area contributed by atoms with Gasteiger partial charge in [0.25, 0.3) is 0 Å². The molecule has 100 valence electrons. The quantitative estimate of drug-likeness (QED) is 0.783. The van der Waals surface area contributed by atoms with Gasteiger partial charge in [-0.1, -0.05) is 52.5 Å². The van der Waals surface area contributed by atoms with Crippen LogP contribution >= 0.6 is 46.4 Å². The summed E-state index contributed by atoms with van der Waals surface area (Å²) in [7, 11) is 0. The second-order valence-electron chi connectivity index (χ2n) is 4.21. The first kappa shape index (κ1) is 15.0. The Bertz CT molecular complexity index is 598. The molecule has 2 aromatic rings. The van der Waals surface area contributed by atoms with E-state index in [-0.39, 0.29) is 6.04 Å². The molecule has 2 aromatic carbocycles. The van der Waals surface area contributed by atoms with E-state index in [1.54, 1.807) is 24.3 Å². The standard InChI is InChI=1S/C14H11Cl4N/c15-9-2-4-12(17)8(5-9)6-14(19)11-3-1-10(16)7-13(11)18/h1-5,7,14H,6,19H2. The topological polar surface area (TPSA) is 26.0 Å². The van der Waals surface area contributed by atoms with Crippen molar-refractivity contribution in [2.75, 3.05) is 0 Å². The van der Waals surface area contributed by atoms with Crippen molar-refractivity contribution in [3.8, 4) is 0 Å². The van der Waals surface area contributed by atoms with Gasteiger partial charge < -0.3 is 5.73 Å². The van der Waals surface area contributed by atoms with Crippen LogP contribution in [0, 0.1) is 0 Å². The van der Waals surface area contributed by atoms with Crippen LogP contribution in [0.15, 0.2) is 36.4 Å². The first-order chi connectivity index (χ1) is 8.97. The molecule has 2 N–H and O–H groups in total. The molecule has 0 saturated carbocycles. The van der Waals surface area contributed by atoms with Gasteiger partial charge in [0, 0.05) is 26.1 Å². The van der Waals surface area contributed by atoms with Gasteiger partial charge in [0.15, 0.2) is 0 Å². The zero-order chi connectivity index (χ0) is 14.0. The molecule has 0 aliphatic carbocycles. The summed E-state index contributed by atoms with van der Waals surface area (Å²) in [4.78, 5) is 0. The van der Waals surface area contributed by atoms with E-state index >= 15 is 0 Å². The molecule has 0 spiro atoms. The van der Waals surface area contributed by atoms with Gasteiger partial charge in [0.1, 0.15) is 0 Å². The lowest BCUT2D eigenvalue weighted by Crippen LogP contribution is -2.14. The highest BCUT2D eigenvalue weighted by Crippen LogP contribution is 2.29. The van der Waals surface area contributed by atoms with Crippen LogP contribution in [0.2, 0.25) is 20.1 Å². The van der Waals surface area contributed by atoms with Crippen LogP contribution in [-0.2, 0) is 6.42 Å². The molecule has 0 fully saturated rings. The van der Waals surface area contributed by atoms with Crippen molar-refractivity contribution in [2.24, 2.45) is 5.73 Å². The smallest absolute Gasteiger partial charge is 0.0468 e. The van der Waals surface area contributed by atoms with E-state index in [1.807, 2.05) is 12.1 Å². The van der Waals surface area contributed by atoms with E-state index in [0.717, 1.165) is 11.1 Å². The minimum absolute atomic E-state index is 0.263. The fourth-order valence-corrected chi connectivity index (χ4v) is 2.79. The predicted octanol–water partition coefficient (Wildman–Crippen LogP) is 5.54. The Morgan fingerprint density at radius 3 is 2.16 bits per heavy atom. The average molecular weight is 335 g/mol. The fraction of sp³-hybridized carbons (Fsp3) is 0.143. The Labute approximate surface area is 132 Å². The zero-order valence-corrected chi connectivity index (χ0v) is 12.9. The molecule has 0 saturated heterocycles. The molecule has 1 unspecified atom stereocenters. The van der Waals surface area contributed by atoms with Crippen LogP contribution in [0.4, 0.5) is 0 Å². The van der Waals surface area contributed by atoms with E-state index in [1.165, 1.54) is 0 Å². The molecular formula is C14H11Cl4N. The van der Waals surface area contributed by atoms with Crippen molar-refractivity contribution < 1.29 is 0 Å². The number of benzene rings is 2. The van der Waals surface area contributed by atoms with Gasteiger partial charge in [0.2, 0.25) is 0 Å². The maximum atomic E-state index is 6.17. The molecule has 0 radical (unpaired) electrons. The molecule has 0 aliphatic rings. The first-order valence-electron chi connectivity index (χ1n) is 5.62. The fourth-order valence-electron chi connectivity index (χ4n) is 1.85. The zero-order valence-electron chi connectivity index (χ0n) is 9.84. The van der Waals surface area contributed by atoms with Crippen molar-refractivity contribution in [3.05, 3.63) is 67.6 Å². The Balaban J connectivity index is 2.25. The number of hydrogen-bond acceptors (Lipinski definition) is 1. The van der Waals surface area contributed by atoms with Gasteiger partial charge in [-0.05, 0) is 47.9 Å². The van der Waals surface area contributed by atoms with E-state index in [4.69, 9.17) is 52.1 Å². The van der Waals surface area contributed by atoms with Gasteiger partial charge in [0.05, 0.1) is 0 Å². The summed E-state index contributed by atoms with van der Waals surface area (Å²) >= 11 is 24.1. The molecule has 0 bridgehead atoms. The number of nitrogens with two attached hydrogens (primary N) is 1. The Morgan fingerprint density at radius 2 is 1.47 bits per heavy atom. The third-order valence-corrected chi connectivity index (χ3v) is 3.98. The van der Waals surface area contributed by atoms with Crippen molar-refractivity contribution >= 4 is 46.4 Å². The molecule has 19 heavy (non-hydrogen) atoms. The summed E-state index contributed by atoms with van der Waals surface area (Å²) in [6, 6.07) is 10.3. The summed E-state index contributed by atoms with van der Waals surface area (Å²) < 4.78 is 0. The maximum Gasteiger partial charge on any atom is 0.0468 e. The van der Waals surface area contributed by atoms with E-state index in [9.17, 15) is 0 Å². The second kappa shape index (κ2) is 6.34. The Morgan fingerprint density at radius 1 is 0.842 bits per heavy atom. The summed E-state index contributed by atoms with van der Waals surface area (Å²) in [6.07, 6.45) is 0.556. The second-order valence-corrected chi connectivity index (χ2v) is 5.90. The molecule has 0 heterocycles. The number of hydrogen-bond donors (Lipinski definition) is 1. The van der Waals surface area contributed by atoms with Crippen molar-refractivity contribution in [1.82, 2.24) is 0 Å². The van der Waals surface area contributed by atoms with Crippen LogP contribution < -0.4 is 5.73 Å². The number of halogens is 4. The van der Waals surface area contributed by atoms with Crippen LogP contribution in [0.1, 0.15) is 17.2 Å². The summed E-state index contributed by atoms with van der Waals surface area (Å²) in [5, 5.41) is 2.42. The lowest BCUT2D eigenvalue weighted by atomic mass is 9.99. The van der Waals surface area contributed by atoms with E-state index in [0.29, 0.717) is 26.5 Å². The highest BCUT2D eigenvalue weighted by Gasteiger charge is 2.13. The van der Waals surface area contributed by atoms with Crippen LogP contribution in [0.5, 0.6) is 0 Å². The lowest BCUT2D eigenvalue weighted by Gasteiger charge is -2.15. The van der Waals surface area contributed by atoms with Gasteiger partial charge in [-0.15, -0.1) is 0 Å². The third kappa shape index (κ3) is 3.77. The summed E-state index contributed by atoms with van der Waals surface area (Å²) in [6.45, 7) is 0. The van der Waals surface area contributed by atoms with Gasteiger partial charge in [-0.3, -0.25) is 0 Å². The van der Waals surface area contributed by atoms with Crippen molar-refractivity contribution in [3.63, 3.8) is 0 Å². The lowest BCUT2D eigenvalue weighted by molar-refractivity contribution is 0.722. The van der Waals surface area contributed by atoms with Gasteiger partial charge >= 0.3 is 0 Å². The minimum Gasteiger partial charge on any atom is -0.324 e. The van der Waals surface area contributed by atoms with Crippen LogP contribution in [0.25, 0.3) is 0 Å². The molecule has 1 atom stereocenters. The van der Waals surface area contributed by atoms with Crippen LogP contribution in [-0.4, -0.2) is 0 Å². The van der Waals surface area contributed by atoms with Gasteiger partial charge in [-0.25, -0.2) is 0 Å². The first-order valence-corrected chi connectivity index (χ1v) is 7.13. The molecule has 2 rings (SSSR count). The minimum atomic E-state index is -0.263. The van der Waals surface area contributed by atoms with Crippen molar-refractivity contribution in [2.45, 2.75) is 12.5 Å². The summed E-state index contributed by atoms with van der Waals surface area (Å²) in [5.74, 6) is 0. The van der Waals surface area contributed by atoms with Crippen molar-refractivity contribution in [1.29, 1.82) is 0 Å². The third-order valence-electron chi connectivity index (χ3n) is 2.81. The van der Waals surface area contributed by atoms with E-state index in [2.05, 4.69) is 0 Å². The molecule has 0 amide bonds. The van der Waals surface area contributed by atoms with Crippen LogP contribution in [0.3, 0.4) is 0 Å². The molecule has 5 heteroatoms. The monoisotopic (exact) mass is 333 g/mol. The average Bonchev–Trinajstić information content (AvgIpc) is 2.33. The Hall–Kier alpha value is -0.440. The normalized spacial score (nSPS) is 12.5. The molecule has 0 aliphatic heterocycles. The molecular weight excluding hydrogens is 324 g/mol. The largest absolute Gasteiger partial charge is 0.324 e. The molecule has 1 nitrogen and oxygen atoms in total. The molecule has 0 aromatic heterocycles. The van der Waals surface area contributed by atoms with E-state index < -0.39 is 0 Å². The predicted molar refractivity (Wildman–Crippen MR) is 83.6 cm³/mol. The maximum absolute atomic E-state index is 6.17. The highest BCUT2D eigenvalue weighted by atomic mass is 35.5. The Kier molecular flexibility index (Phi) is 4.99. The SMILES string of the molecule is NC(Cc1cc(Cl)ccc1Cl)c1ccc(Cl)cc1Cl. The summed E-state index contributed by atoms with van der Waals surface area (Å²) in [5.41, 5.74) is 7.90.